The first-order valence-corrected chi connectivity index (χ1v) is 6.68. The summed E-state index contributed by atoms with van der Waals surface area (Å²) in [5.41, 5.74) is 0. The summed E-state index contributed by atoms with van der Waals surface area (Å²) in [6.45, 7) is 3.92. The zero-order chi connectivity index (χ0) is 11.4. The van der Waals surface area contributed by atoms with Crippen molar-refractivity contribution in [3.63, 3.8) is 0 Å². The standard InChI is InChI=1S/C13H23NO2/c1-11(15)16-13-8-4-3-7-12(13)14-9-5-2-6-10-14/h12-13H,2-10H2,1H3/t12-,13-/m1/s1. The number of rotatable bonds is 2. The van der Waals surface area contributed by atoms with Gasteiger partial charge in [-0.25, -0.2) is 0 Å². The van der Waals surface area contributed by atoms with E-state index in [0.717, 1.165) is 6.42 Å². The normalized spacial score (nSPS) is 32.3. The fraction of sp³-hybridized carbons (Fsp3) is 0.923. The molecule has 2 fully saturated rings. The van der Waals surface area contributed by atoms with Crippen LogP contribution in [0.25, 0.3) is 0 Å². The van der Waals surface area contributed by atoms with E-state index in [2.05, 4.69) is 4.90 Å². The maximum Gasteiger partial charge on any atom is 0.302 e. The molecule has 0 radical (unpaired) electrons. The maximum absolute atomic E-state index is 11.1. The molecule has 2 atom stereocenters. The van der Waals surface area contributed by atoms with Crippen LogP contribution in [-0.2, 0) is 9.53 Å². The van der Waals surface area contributed by atoms with Crippen LogP contribution in [0.15, 0.2) is 0 Å². The fourth-order valence-corrected chi connectivity index (χ4v) is 3.10. The molecule has 0 aromatic carbocycles. The van der Waals surface area contributed by atoms with Crippen molar-refractivity contribution in [2.45, 2.75) is 64.0 Å². The molecule has 0 spiro atoms. The summed E-state index contributed by atoms with van der Waals surface area (Å²) in [4.78, 5) is 13.7. The molecule has 2 rings (SSSR count). The van der Waals surface area contributed by atoms with E-state index in [4.69, 9.17) is 4.74 Å². The largest absolute Gasteiger partial charge is 0.461 e. The van der Waals surface area contributed by atoms with E-state index in [1.807, 2.05) is 0 Å². The SMILES string of the molecule is CC(=O)O[C@@H]1CCCC[C@H]1N1CCCCC1. The fourth-order valence-electron chi connectivity index (χ4n) is 3.10. The Labute approximate surface area is 98.1 Å². The van der Waals surface area contributed by atoms with Gasteiger partial charge in [-0.3, -0.25) is 9.69 Å². The quantitative estimate of drug-likeness (QED) is 0.676. The third kappa shape index (κ3) is 2.97. The first kappa shape index (κ1) is 11.9. The van der Waals surface area contributed by atoms with Crippen molar-refractivity contribution in [2.24, 2.45) is 0 Å². The van der Waals surface area contributed by atoms with Gasteiger partial charge in [0.15, 0.2) is 0 Å². The zero-order valence-electron chi connectivity index (χ0n) is 10.3. The van der Waals surface area contributed by atoms with Crippen molar-refractivity contribution < 1.29 is 9.53 Å². The summed E-state index contributed by atoms with van der Waals surface area (Å²) >= 11 is 0. The molecule has 0 aromatic heterocycles. The van der Waals surface area contributed by atoms with Gasteiger partial charge in [0.05, 0.1) is 0 Å². The maximum atomic E-state index is 11.1. The van der Waals surface area contributed by atoms with Crippen molar-refractivity contribution in [2.75, 3.05) is 13.1 Å². The summed E-state index contributed by atoms with van der Waals surface area (Å²) in [5.74, 6) is -0.117. The second-order valence-electron chi connectivity index (χ2n) is 5.10. The Morgan fingerprint density at radius 3 is 2.44 bits per heavy atom. The van der Waals surface area contributed by atoms with E-state index in [-0.39, 0.29) is 12.1 Å². The highest BCUT2D eigenvalue weighted by Crippen LogP contribution is 2.27. The van der Waals surface area contributed by atoms with Crippen molar-refractivity contribution in [3.8, 4) is 0 Å². The summed E-state index contributed by atoms with van der Waals surface area (Å²) in [7, 11) is 0. The Morgan fingerprint density at radius 1 is 1.06 bits per heavy atom. The molecule has 92 valence electrons. The predicted octanol–water partition coefficient (Wildman–Crippen LogP) is 2.35. The van der Waals surface area contributed by atoms with E-state index in [0.29, 0.717) is 6.04 Å². The molecule has 0 unspecified atom stereocenters. The van der Waals surface area contributed by atoms with Gasteiger partial charge in [0, 0.05) is 13.0 Å². The minimum absolute atomic E-state index is 0.117. The lowest BCUT2D eigenvalue weighted by Crippen LogP contribution is -2.49. The van der Waals surface area contributed by atoms with Crippen LogP contribution in [0.1, 0.15) is 51.9 Å². The summed E-state index contributed by atoms with van der Waals surface area (Å²) in [5, 5.41) is 0. The van der Waals surface area contributed by atoms with E-state index >= 15 is 0 Å². The zero-order valence-corrected chi connectivity index (χ0v) is 10.3. The summed E-state index contributed by atoms with van der Waals surface area (Å²) in [6.07, 6.45) is 8.90. The smallest absolute Gasteiger partial charge is 0.302 e. The number of hydrogen-bond acceptors (Lipinski definition) is 3. The van der Waals surface area contributed by atoms with Gasteiger partial charge in [-0.2, -0.15) is 0 Å². The molecule has 1 aliphatic carbocycles. The molecular formula is C13H23NO2. The third-order valence-corrected chi connectivity index (χ3v) is 3.84. The number of carbonyl (C=O) groups is 1. The average molecular weight is 225 g/mol. The highest BCUT2D eigenvalue weighted by molar-refractivity contribution is 5.66. The molecule has 1 aliphatic heterocycles. The highest BCUT2D eigenvalue weighted by atomic mass is 16.5. The van der Waals surface area contributed by atoms with E-state index in [9.17, 15) is 4.79 Å². The summed E-state index contributed by atoms with van der Waals surface area (Å²) < 4.78 is 5.48. The number of likely N-dealkylation sites (tertiary alicyclic amines) is 1. The number of ether oxygens (including phenoxy) is 1. The molecule has 1 saturated heterocycles. The van der Waals surface area contributed by atoms with Gasteiger partial charge >= 0.3 is 5.97 Å². The van der Waals surface area contributed by atoms with Crippen molar-refractivity contribution >= 4 is 5.97 Å². The molecule has 16 heavy (non-hydrogen) atoms. The average Bonchev–Trinajstić information content (AvgIpc) is 2.30. The molecule has 0 bridgehead atoms. The van der Waals surface area contributed by atoms with Gasteiger partial charge in [0.25, 0.3) is 0 Å². The second-order valence-corrected chi connectivity index (χ2v) is 5.10. The number of piperidine rings is 1. The molecule has 0 N–H and O–H groups in total. The predicted molar refractivity (Wildman–Crippen MR) is 63.2 cm³/mol. The van der Waals surface area contributed by atoms with Crippen LogP contribution in [-0.4, -0.2) is 36.1 Å². The first-order chi connectivity index (χ1) is 7.77. The Balaban J connectivity index is 1.94. The van der Waals surface area contributed by atoms with Gasteiger partial charge in [0.1, 0.15) is 6.10 Å². The Morgan fingerprint density at radius 2 is 1.75 bits per heavy atom. The van der Waals surface area contributed by atoms with E-state index in [1.165, 1.54) is 58.5 Å². The van der Waals surface area contributed by atoms with Gasteiger partial charge in [-0.15, -0.1) is 0 Å². The first-order valence-electron chi connectivity index (χ1n) is 6.68. The molecule has 1 saturated carbocycles. The van der Waals surface area contributed by atoms with Crippen LogP contribution in [0.4, 0.5) is 0 Å². The number of carbonyl (C=O) groups excluding carboxylic acids is 1. The van der Waals surface area contributed by atoms with Gasteiger partial charge in [-0.1, -0.05) is 12.8 Å². The van der Waals surface area contributed by atoms with Crippen LogP contribution in [0.5, 0.6) is 0 Å². The molecule has 3 heteroatoms. The molecule has 3 nitrogen and oxygen atoms in total. The minimum atomic E-state index is -0.117. The van der Waals surface area contributed by atoms with Crippen molar-refractivity contribution in [3.05, 3.63) is 0 Å². The Bertz CT molecular complexity index is 236. The van der Waals surface area contributed by atoms with Crippen molar-refractivity contribution in [1.29, 1.82) is 0 Å². The Hall–Kier alpha value is -0.570. The van der Waals surface area contributed by atoms with Crippen LogP contribution in [0.2, 0.25) is 0 Å². The molecular weight excluding hydrogens is 202 g/mol. The van der Waals surface area contributed by atoms with Crippen LogP contribution < -0.4 is 0 Å². The third-order valence-electron chi connectivity index (χ3n) is 3.84. The van der Waals surface area contributed by atoms with Crippen molar-refractivity contribution in [1.82, 2.24) is 4.90 Å². The number of esters is 1. The lowest BCUT2D eigenvalue weighted by molar-refractivity contribution is -0.152. The highest BCUT2D eigenvalue weighted by Gasteiger charge is 2.32. The summed E-state index contributed by atoms with van der Waals surface area (Å²) in [6, 6.07) is 0.498. The number of hydrogen-bond donors (Lipinski definition) is 0. The molecule has 0 aromatic rings. The second kappa shape index (κ2) is 5.67. The topological polar surface area (TPSA) is 29.5 Å². The molecule has 1 heterocycles. The van der Waals surface area contributed by atoms with Gasteiger partial charge in [-0.05, 0) is 45.2 Å². The number of nitrogens with zero attached hydrogens (tertiary/aromatic N) is 1. The minimum Gasteiger partial charge on any atom is -0.461 e. The molecule has 0 amide bonds. The van der Waals surface area contributed by atoms with E-state index in [1.54, 1.807) is 0 Å². The monoisotopic (exact) mass is 225 g/mol. The molecule has 2 aliphatic rings. The van der Waals surface area contributed by atoms with Gasteiger partial charge < -0.3 is 4.74 Å². The van der Waals surface area contributed by atoms with Crippen LogP contribution >= 0.6 is 0 Å². The van der Waals surface area contributed by atoms with Crippen LogP contribution in [0, 0.1) is 0 Å². The van der Waals surface area contributed by atoms with Crippen LogP contribution in [0.3, 0.4) is 0 Å². The lowest BCUT2D eigenvalue weighted by Gasteiger charge is -2.41. The van der Waals surface area contributed by atoms with Gasteiger partial charge in [0.2, 0.25) is 0 Å². The lowest BCUT2D eigenvalue weighted by atomic mass is 9.90. The Kier molecular flexibility index (Phi) is 4.22. The van der Waals surface area contributed by atoms with E-state index < -0.39 is 0 Å².